The lowest BCUT2D eigenvalue weighted by atomic mass is 10.1. The van der Waals surface area contributed by atoms with Crippen molar-refractivity contribution in [3.63, 3.8) is 0 Å². The average Bonchev–Trinajstić information content (AvgIpc) is 2.75. The zero-order valence-electron chi connectivity index (χ0n) is 15.7. The number of carbonyl (C=O) groups is 1. The normalized spacial score (nSPS) is 11.1. The number of aromatic nitrogens is 2. The molecule has 2 N–H and O–H groups in total. The summed E-state index contributed by atoms with van der Waals surface area (Å²) in [5, 5.41) is 3.99. The first-order valence-electron chi connectivity index (χ1n) is 8.58. The molecule has 0 aliphatic heterocycles. The molecule has 3 aromatic rings. The summed E-state index contributed by atoms with van der Waals surface area (Å²) >= 11 is 0. The van der Waals surface area contributed by atoms with E-state index in [9.17, 15) is 22.4 Å². The zero-order chi connectivity index (χ0) is 21.7. The van der Waals surface area contributed by atoms with E-state index in [1.54, 1.807) is 12.1 Å². The van der Waals surface area contributed by atoms with Crippen LogP contribution < -0.4 is 20.6 Å². The van der Waals surface area contributed by atoms with Gasteiger partial charge in [0.15, 0.2) is 11.6 Å². The molecule has 0 fully saturated rings. The second-order valence-corrected chi connectivity index (χ2v) is 7.69. The molecule has 0 aliphatic rings. The molecule has 0 saturated carbocycles. The molecule has 0 radical (unpaired) electrons. The van der Waals surface area contributed by atoms with Crippen molar-refractivity contribution in [1.29, 1.82) is 0 Å². The largest absolute Gasteiger partial charge is 0.494 e. The van der Waals surface area contributed by atoms with Crippen molar-refractivity contribution in [3.8, 4) is 17.0 Å². The van der Waals surface area contributed by atoms with E-state index in [-0.39, 0.29) is 21.9 Å². The highest BCUT2D eigenvalue weighted by atomic mass is 32.2. The summed E-state index contributed by atoms with van der Waals surface area (Å²) in [6.07, 6.45) is 0. The Bertz CT molecular complexity index is 1230. The van der Waals surface area contributed by atoms with Crippen LogP contribution in [0.25, 0.3) is 11.3 Å². The molecule has 0 saturated heterocycles. The first kappa shape index (κ1) is 21.1. The van der Waals surface area contributed by atoms with E-state index >= 15 is 0 Å². The minimum absolute atomic E-state index is 0.000103. The van der Waals surface area contributed by atoms with Crippen LogP contribution in [0.2, 0.25) is 0 Å². The molecule has 0 unspecified atom stereocenters. The second-order valence-electron chi connectivity index (χ2n) is 6.00. The average molecular weight is 432 g/mol. The Balaban J connectivity index is 1.76. The molecule has 11 heteroatoms. The lowest BCUT2D eigenvalue weighted by molar-refractivity contribution is -0.122. The van der Waals surface area contributed by atoms with Crippen LogP contribution in [-0.2, 0) is 21.4 Å². The quantitative estimate of drug-likeness (QED) is 0.539. The van der Waals surface area contributed by atoms with E-state index < -0.39 is 33.9 Å². The van der Waals surface area contributed by atoms with Crippen LogP contribution in [0, 0.1) is 5.82 Å². The van der Waals surface area contributed by atoms with Crippen LogP contribution in [0.1, 0.15) is 0 Å². The van der Waals surface area contributed by atoms with Crippen LogP contribution in [-0.4, -0.2) is 31.2 Å². The number of nitrogens with zero attached hydrogens (tertiary/aromatic N) is 2. The minimum Gasteiger partial charge on any atom is -0.494 e. The predicted molar refractivity (Wildman–Crippen MR) is 105 cm³/mol. The summed E-state index contributed by atoms with van der Waals surface area (Å²) in [6.45, 7) is -0.588. The van der Waals surface area contributed by atoms with Crippen molar-refractivity contribution in [2.24, 2.45) is 0 Å². The van der Waals surface area contributed by atoms with E-state index in [1.165, 1.54) is 49.6 Å². The number of methoxy groups -OCH3 is 1. The molecule has 0 spiro atoms. The maximum atomic E-state index is 14.5. The molecule has 30 heavy (non-hydrogen) atoms. The molecular formula is C19H17FN4O5S. The highest BCUT2D eigenvalue weighted by molar-refractivity contribution is 7.89. The number of hydrogen-bond donors (Lipinski definition) is 2. The van der Waals surface area contributed by atoms with Gasteiger partial charge in [0.2, 0.25) is 0 Å². The Morgan fingerprint density at radius 2 is 1.83 bits per heavy atom. The molecule has 1 aromatic heterocycles. The van der Waals surface area contributed by atoms with Gasteiger partial charge in [0.25, 0.3) is 21.5 Å². The van der Waals surface area contributed by atoms with E-state index in [4.69, 9.17) is 4.74 Å². The number of benzene rings is 2. The summed E-state index contributed by atoms with van der Waals surface area (Å²) in [5.41, 5.74) is 1.57. The summed E-state index contributed by atoms with van der Waals surface area (Å²) in [5.74, 6) is -1.51. The number of ether oxygens (including phenoxy) is 1. The van der Waals surface area contributed by atoms with Gasteiger partial charge in [-0.2, -0.15) is 5.10 Å². The smallest absolute Gasteiger partial charge is 0.267 e. The number of sulfonamides is 1. The molecule has 156 valence electrons. The minimum atomic E-state index is -3.98. The number of carbonyl (C=O) groups excluding carboxylic acids is 1. The molecule has 1 heterocycles. The van der Waals surface area contributed by atoms with E-state index in [2.05, 4.69) is 5.10 Å². The maximum absolute atomic E-state index is 14.5. The first-order chi connectivity index (χ1) is 14.3. The Hall–Kier alpha value is -3.57. The van der Waals surface area contributed by atoms with Gasteiger partial charge in [-0.05, 0) is 30.3 Å². The molecule has 0 bridgehead atoms. The van der Waals surface area contributed by atoms with Gasteiger partial charge < -0.3 is 4.74 Å². The lowest BCUT2D eigenvalue weighted by Gasteiger charge is -2.11. The van der Waals surface area contributed by atoms with Gasteiger partial charge in [-0.15, -0.1) is 4.83 Å². The van der Waals surface area contributed by atoms with Crippen LogP contribution in [0.5, 0.6) is 5.75 Å². The molecule has 0 aliphatic carbocycles. The second kappa shape index (κ2) is 8.84. The summed E-state index contributed by atoms with van der Waals surface area (Å²) in [4.78, 5) is 26.1. The summed E-state index contributed by atoms with van der Waals surface area (Å²) in [6, 6.07) is 14.3. The monoisotopic (exact) mass is 432 g/mol. The summed E-state index contributed by atoms with van der Waals surface area (Å²) < 4.78 is 44.4. The van der Waals surface area contributed by atoms with Gasteiger partial charge in [-0.25, -0.2) is 17.5 Å². The van der Waals surface area contributed by atoms with Crippen molar-refractivity contribution in [3.05, 3.63) is 76.8 Å². The van der Waals surface area contributed by atoms with Crippen LogP contribution in [0.15, 0.2) is 70.4 Å². The third kappa shape index (κ3) is 4.70. The first-order valence-corrected chi connectivity index (χ1v) is 10.1. The van der Waals surface area contributed by atoms with Crippen LogP contribution in [0.4, 0.5) is 4.39 Å². The number of hydrazine groups is 1. The fourth-order valence-corrected chi connectivity index (χ4v) is 3.41. The van der Waals surface area contributed by atoms with Crippen LogP contribution >= 0.6 is 0 Å². The van der Waals surface area contributed by atoms with Crippen molar-refractivity contribution in [1.82, 2.24) is 20.0 Å². The van der Waals surface area contributed by atoms with Gasteiger partial charge in [-0.3, -0.25) is 15.0 Å². The molecule has 9 nitrogen and oxygen atoms in total. The number of halogens is 1. The Labute approximate surface area is 171 Å². The van der Waals surface area contributed by atoms with Gasteiger partial charge in [0, 0.05) is 11.6 Å². The number of nitrogens with one attached hydrogen (secondary N) is 2. The number of amides is 1. The molecule has 3 rings (SSSR count). The Morgan fingerprint density at radius 3 is 2.53 bits per heavy atom. The number of rotatable bonds is 7. The van der Waals surface area contributed by atoms with E-state index in [1.807, 2.05) is 10.3 Å². The van der Waals surface area contributed by atoms with Crippen molar-refractivity contribution in [2.75, 3.05) is 7.11 Å². The maximum Gasteiger partial charge on any atom is 0.267 e. The summed E-state index contributed by atoms with van der Waals surface area (Å²) in [7, 11) is -2.66. The SMILES string of the molecule is COc1cccc(-c2ccc(=O)n(CC(=O)NNS(=O)(=O)c3ccccc3)n2)c1F. The topological polar surface area (TPSA) is 119 Å². The van der Waals surface area contributed by atoms with Gasteiger partial charge >= 0.3 is 0 Å². The zero-order valence-corrected chi connectivity index (χ0v) is 16.5. The van der Waals surface area contributed by atoms with Gasteiger partial charge in [0.05, 0.1) is 17.7 Å². The van der Waals surface area contributed by atoms with Crippen molar-refractivity contribution < 1.29 is 22.3 Å². The molecule has 1 amide bonds. The standard InChI is InChI=1S/C19H17FN4O5S/c1-29-16-9-5-8-14(19(16)20)15-10-11-18(26)24(22-15)12-17(25)21-23-30(27,28)13-6-3-2-4-7-13/h2-11,23H,12H2,1H3,(H,21,25). The third-order valence-corrected chi connectivity index (χ3v) is 5.26. The van der Waals surface area contributed by atoms with Crippen LogP contribution in [0.3, 0.4) is 0 Å². The Kier molecular flexibility index (Phi) is 6.23. The highest BCUT2D eigenvalue weighted by Crippen LogP contribution is 2.26. The Morgan fingerprint density at radius 1 is 1.10 bits per heavy atom. The third-order valence-electron chi connectivity index (χ3n) is 4.00. The van der Waals surface area contributed by atoms with E-state index in [0.29, 0.717) is 0 Å². The fraction of sp³-hybridized carbons (Fsp3) is 0.105. The fourth-order valence-electron chi connectivity index (χ4n) is 2.53. The van der Waals surface area contributed by atoms with Crippen molar-refractivity contribution in [2.45, 2.75) is 11.4 Å². The molecular weight excluding hydrogens is 415 g/mol. The highest BCUT2D eigenvalue weighted by Gasteiger charge is 2.16. The van der Waals surface area contributed by atoms with Crippen molar-refractivity contribution >= 4 is 15.9 Å². The molecule has 0 atom stereocenters. The van der Waals surface area contributed by atoms with E-state index in [0.717, 1.165) is 10.7 Å². The molecule has 2 aromatic carbocycles. The predicted octanol–water partition coefficient (Wildman–Crippen LogP) is 1.07. The van der Waals surface area contributed by atoms with Gasteiger partial charge in [-0.1, -0.05) is 24.3 Å². The van der Waals surface area contributed by atoms with Gasteiger partial charge in [0.1, 0.15) is 6.54 Å². The number of hydrogen-bond acceptors (Lipinski definition) is 6. The lowest BCUT2D eigenvalue weighted by Crippen LogP contribution is -2.44.